The molecular formula is C15H12F3N5O. The first-order chi connectivity index (χ1) is 11.4. The first kappa shape index (κ1) is 15.8. The van der Waals surface area contributed by atoms with Crippen molar-refractivity contribution < 1.29 is 18.0 Å². The standard InChI is InChI=1S/C15H12F3N5O/c16-15(17,18)10-6-7-12-21-22-13(23(12)9-10)8-19-14(24)20-11-4-2-1-3-5-11/h1-7,9H,8H2,(H2,19,20,24). The molecule has 0 aliphatic carbocycles. The molecule has 2 aromatic heterocycles. The molecule has 2 N–H and O–H groups in total. The molecular weight excluding hydrogens is 323 g/mol. The smallest absolute Gasteiger partial charge is 0.331 e. The SMILES string of the molecule is O=C(NCc1nnc2ccc(C(F)(F)F)cn12)Nc1ccccc1. The Morgan fingerprint density at radius 1 is 1.08 bits per heavy atom. The number of nitrogens with zero attached hydrogens (tertiary/aromatic N) is 3. The zero-order valence-corrected chi connectivity index (χ0v) is 12.2. The maximum absolute atomic E-state index is 12.8. The summed E-state index contributed by atoms with van der Waals surface area (Å²) in [5.74, 6) is 0.194. The molecule has 3 aromatic rings. The van der Waals surface area contributed by atoms with Crippen LogP contribution in [0.3, 0.4) is 0 Å². The number of nitrogens with one attached hydrogen (secondary N) is 2. The second-order valence-corrected chi connectivity index (χ2v) is 4.93. The van der Waals surface area contributed by atoms with Crippen LogP contribution in [0.25, 0.3) is 5.65 Å². The molecule has 0 aliphatic rings. The molecule has 0 saturated carbocycles. The van der Waals surface area contributed by atoms with Crippen LogP contribution in [-0.2, 0) is 12.7 Å². The number of fused-ring (bicyclic) bond motifs is 1. The van der Waals surface area contributed by atoms with E-state index in [0.29, 0.717) is 5.69 Å². The summed E-state index contributed by atoms with van der Waals surface area (Å²) in [6.07, 6.45) is -3.56. The Morgan fingerprint density at radius 2 is 1.83 bits per heavy atom. The summed E-state index contributed by atoms with van der Waals surface area (Å²) in [7, 11) is 0. The number of rotatable bonds is 3. The van der Waals surface area contributed by atoms with Crippen molar-refractivity contribution in [3.63, 3.8) is 0 Å². The fourth-order valence-corrected chi connectivity index (χ4v) is 2.08. The van der Waals surface area contributed by atoms with Gasteiger partial charge in [-0.05, 0) is 24.3 Å². The van der Waals surface area contributed by atoms with Gasteiger partial charge in [0.2, 0.25) is 0 Å². The van der Waals surface area contributed by atoms with E-state index in [2.05, 4.69) is 20.8 Å². The van der Waals surface area contributed by atoms with E-state index >= 15 is 0 Å². The lowest BCUT2D eigenvalue weighted by Gasteiger charge is -2.08. The average molecular weight is 335 g/mol. The summed E-state index contributed by atoms with van der Waals surface area (Å²) >= 11 is 0. The van der Waals surface area contributed by atoms with Crippen molar-refractivity contribution in [2.24, 2.45) is 0 Å². The number of hydrogen-bond acceptors (Lipinski definition) is 3. The molecule has 0 saturated heterocycles. The molecule has 0 atom stereocenters. The van der Waals surface area contributed by atoms with Gasteiger partial charge in [-0.1, -0.05) is 18.2 Å². The van der Waals surface area contributed by atoms with Crippen molar-refractivity contribution in [2.75, 3.05) is 5.32 Å². The highest BCUT2D eigenvalue weighted by Crippen LogP contribution is 2.29. The van der Waals surface area contributed by atoms with Crippen molar-refractivity contribution in [3.8, 4) is 0 Å². The summed E-state index contributed by atoms with van der Waals surface area (Å²) in [6.45, 7) is -0.0683. The van der Waals surface area contributed by atoms with E-state index in [4.69, 9.17) is 0 Å². The lowest BCUT2D eigenvalue weighted by atomic mass is 10.3. The highest BCUT2D eigenvalue weighted by Gasteiger charge is 2.31. The average Bonchev–Trinajstić information content (AvgIpc) is 2.95. The third kappa shape index (κ3) is 3.45. The predicted octanol–water partition coefficient (Wildman–Crippen LogP) is 3.07. The van der Waals surface area contributed by atoms with Crippen LogP contribution in [0.4, 0.5) is 23.7 Å². The van der Waals surface area contributed by atoms with Crippen molar-refractivity contribution in [1.82, 2.24) is 19.9 Å². The molecule has 0 bridgehead atoms. The van der Waals surface area contributed by atoms with Crippen molar-refractivity contribution in [2.45, 2.75) is 12.7 Å². The van der Waals surface area contributed by atoms with Crippen LogP contribution < -0.4 is 10.6 Å². The van der Waals surface area contributed by atoms with Crippen LogP contribution in [0.1, 0.15) is 11.4 Å². The summed E-state index contributed by atoms with van der Waals surface area (Å²) in [6, 6.07) is 10.4. The summed E-state index contributed by atoms with van der Waals surface area (Å²) in [5.41, 5.74) is 0.0495. The molecule has 0 spiro atoms. The van der Waals surface area contributed by atoms with Crippen LogP contribution >= 0.6 is 0 Å². The number of para-hydroxylation sites is 1. The largest absolute Gasteiger partial charge is 0.417 e. The number of hydrogen-bond donors (Lipinski definition) is 2. The van der Waals surface area contributed by atoms with E-state index in [9.17, 15) is 18.0 Å². The fourth-order valence-electron chi connectivity index (χ4n) is 2.08. The third-order valence-corrected chi connectivity index (χ3v) is 3.24. The summed E-state index contributed by atoms with van der Waals surface area (Å²) in [4.78, 5) is 11.8. The van der Waals surface area contributed by atoms with E-state index < -0.39 is 17.8 Å². The third-order valence-electron chi connectivity index (χ3n) is 3.24. The molecule has 1 aromatic carbocycles. The van der Waals surface area contributed by atoms with Crippen molar-refractivity contribution in [3.05, 3.63) is 60.0 Å². The van der Waals surface area contributed by atoms with Gasteiger partial charge in [0.25, 0.3) is 0 Å². The molecule has 6 nitrogen and oxygen atoms in total. The topological polar surface area (TPSA) is 71.3 Å². The minimum Gasteiger partial charge on any atom is -0.331 e. The highest BCUT2D eigenvalue weighted by molar-refractivity contribution is 5.89. The molecule has 124 valence electrons. The molecule has 9 heteroatoms. The molecule has 0 fully saturated rings. The Hall–Kier alpha value is -3.10. The Morgan fingerprint density at radius 3 is 2.54 bits per heavy atom. The zero-order chi connectivity index (χ0) is 17.2. The minimum atomic E-state index is -4.46. The Bertz CT molecular complexity index is 860. The van der Waals surface area contributed by atoms with Gasteiger partial charge < -0.3 is 10.6 Å². The normalized spacial score (nSPS) is 11.5. The number of amides is 2. The number of urea groups is 1. The van der Waals surface area contributed by atoms with Crippen LogP contribution in [0, 0.1) is 0 Å². The van der Waals surface area contributed by atoms with Crippen LogP contribution in [0.5, 0.6) is 0 Å². The van der Waals surface area contributed by atoms with Crippen LogP contribution in [0.15, 0.2) is 48.7 Å². The lowest BCUT2D eigenvalue weighted by Crippen LogP contribution is -2.29. The van der Waals surface area contributed by atoms with E-state index in [1.807, 2.05) is 6.07 Å². The zero-order valence-electron chi connectivity index (χ0n) is 12.2. The van der Waals surface area contributed by atoms with Gasteiger partial charge in [0.15, 0.2) is 11.5 Å². The molecule has 0 unspecified atom stereocenters. The number of anilines is 1. The number of halogens is 3. The fraction of sp³-hybridized carbons (Fsp3) is 0.133. The monoisotopic (exact) mass is 335 g/mol. The van der Waals surface area contributed by atoms with Gasteiger partial charge in [0.05, 0.1) is 12.1 Å². The van der Waals surface area contributed by atoms with Gasteiger partial charge in [0, 0.05) is 11.9 Å². The molecule has 3 rings (SSSR count). The van der Waals surface area contributed by atoms with E-state index in [1.54, 1.807) is 24.3 Å². The molecule has 0 aliphatic heterocycles. The Balaban J connectivity index is 1.72. The maximum Gasteiger partial charge on any atom is 0.417 e. The Labute approximate surface area is 134 Å². The minimum absolute atomic E-state index is 0.0683. The number of carbonyl (C=O) groups is 1. The predicted molar refractivity (Wildman–Crippen MR) is 80.3 cm³/mol. The molecule has 2 heterocycles. The van der Waals surface area contributed by atoms with Crippen molar-refractivity contribution in [1.29, 1.82) is 0 Å². The number of benzene rings is 1. The number of alkyl halides is 3. The maximum atomic E-state index is 12.8. The highest BCUT2D eigenvalue weighted by atomic mass is 19.4. The molecule has 24 heavy (non-hydrogen) atoms. The van der Waals surface area contributed by atoms with Gasteiger partial charge in [-0.2, -0.15) is 13.2 Å². The van der Waals surface area contributed by atoms with Crippen LogP contribution in [-0.4, -0.2) is 20.6 Å². The van der Waals surface area contributed by atoms with E-state index in [0.717, 1.165) is 12.3 Å². The van der Waals surface area contributed by atoms with Crippen LogP contribution in [0.2, 0.25) is 0 Å². The molecule has 0 radical (unpaired) electrons. The second kappa shape index (κ2) is 6.19. The van der Waals surface area contributed by atoms with Gasteiger partial charge in [-0.15, -0.1) is 10.2 Å². The van der Waals surface area contributed by atoms with Gasteiger partial charge >= 0.3 is 12.2 Å². The first-order valence-electron chi connectivity index (χ1n) is 6.94. The van der Waals surface area contributed by atoms with Crippen molar-refractivity contribution >= 4 is 17.4 Å². The number of aromatic nitrogens is 3. The van der Waals surface area contributed by atoms with Gasteiger partial charge in [-0.25, -0.2) is 4.79 Å². The number of carbonyl (C=O) groups excluding carboxylic acids is 1. The quantitative estimate of drug-likeness (QED) is 0.773. The summed E-state index contributed by atoms with van der Waals surface area (Å²) < 4.78 is 39.5. The van der Waals surface area contributed by atoms with E-state index in [-0.39, 0.29) is 18.0 Å². The van der Waals surface area contributed by atoms with Gasteiger partial charge in [-0.3, -0.25) is 4.40 Å². The number of pyridine rings is 1. The summed E-state index contributed by atoms with van der Waals surface area (Å²) in [5, 5.41) is 12.7. The van der Waals surface area contributed by atoms with E-state index in [1.165, 1.54) is 10.5 Å². The molecule has 2 amide bonds. The Kier molecular flexibility index (Phi) is 4.07. The first-order valence-corrected chi connectivity index (χ1v) is 6.94. The second-order valence-electron chi connectivity index (χ2n) is 4.93. The lowest BCUT2D eigenvalue weighted by molar-refractivity contribution is -0.137. The van der Waals surface area contributed by atoms with Gasteiger partial charge in [0.1, 0.15) is 0 Å².